The lowest BCUT2D eigenvalue weighted by Gasteiger charge is -2.28. The van der Waals surface area contributed by atoms with E-state index in [9.17, 15) is 19.4 Å². The van der Waals surface area contributed by atoms with Gasteiger partial charge in [-0.25, -0.2) is 4.39 Å². The first-order valence-corrected chi connectivity index (χ1v) is 9.31. The zero-order chi connectivity index (χ0) is 19.2. The second kappa shape index (κ2) is 8.97. The second-order valence-corrected chi connectivity index (χ2v) is 6.94. The molecule has 144 valence electrons. The van der Waals surface area contributed by atoms with Crippen molar-refractivity contribution in [1.82, 2.24) is 10.2 Å². The SMILES string of the molecule is O=C(NC[C@@H](O)CN1CCCCC1)c1ccc(-c2cccc(F)c2O)cc1. The van der Waals surface area contributed by atoms with Crippen molar-refractivity contribution in [2.24, 2.45) is 0 Å². The fourth-order valence-corrected chi connectivity index (χ4v) is 3.37. The van der Waals surface area contributed by atoms with Crippen LogP contribution in [-0.2, 0) is 0 Å². The number of benzene rings is 2. The van der Waals surface area contributed by atoms with Crippen molar-refractivity contribution < 1.29 is 19.4 Å². The lowest BCUT2D eigenvalue weighted by atomic mass is 10.0. The van der Waals surface area contributed by atoms with E-state index in [0.29, 0.717) is 23.2 Å². The zero-order valence-electron chi connectivity index (χ0n) is 15.2. The zero-order valence-corrected chi connectivity index (χ0v) is 15.2. The van der Waals surface area contributed by atoms with Crippen LogP contribution in [0.25, 0.3) is 11.1 Å². The summed E-state index contributed by atoms with van der Waals surface area (Å²) in [5.74, 6) is -1.37. The Bertz CT molecular complexity index is 773. The van der Waals surface area contributed by atoms with E-state index in [1.165, 1.54) is 18.6 Å². The average Bonchev–Trinajstić information content (AvgIpc) is 2.69. The number of halogens is 1. The van der Waals surface area contributed by atoms with E-state index in [1.54, 1.807) is 30.3 Å². The van der Waals surface area contributed by atoms with Gasteiger partial charge in [0.25, 0.3) is 5.91 Å². The largest absolute Gasteiger partial charge is 0.504 e. The van der Waals surface area contributed by atoms with Crippen LogP contribution in [0, 0.1) is 5.82 Å². The van der Waals surface area contributed by atoms with Gasteiger partial charge in [-0.2, -0.15) is 0 Å². The van der Waals surface area contributed by atoms with Crippen LogP contribution in [0.2, 0.25) is 0 Å². The minimum absolute atomic E-state index is 0.196. The van der Waals surface area contributed by atoms with Gasteiger partial charge in [-0.1, -0.05) is 30.7 Å². The van der Waals surface area contributed by atoms with Gasteiger partial charge in [0, 0.05) is 24.2 Å². The first-order chi connectivity index (χ1) is 13.0. The standard InChI is InChI=1S/C21H25FN2O3/c22-19-6-4-5-18(20(19)26)15-7-9-16(10-8-15)21(27)23-13-17(25)14-24-11-2-1-3-12-24/h4-10,17,25-26H,1-3,11-14H2,(H,23,27)/t17-/m1/s1. The molecular weight excluding hydrogens is 347 g/mol. The highest BCUT2D eigenvalue weighted by molar-refractivity contribution is 5.94. The molecule has 1 aliphatic rings. The number of carbonyl (C=O) groups excluding carboxylic acids is 1. The summed E-state index contributed by atoms with van der Waals surface area (Å²) in [6.45, 7) is 2.76. The quantitative estimate of drug-likeness (QED) is 0.729. The number of piperidine rings is 1. The van der Waals surface area contributed by atoms with Crippen molar-refractivity contribution in [3.05, 3.63) is 53.8 Å². The van der Waals surface area contributed by atoms with E-state index in [1.807, 2.05) is 0 Å². The molecule has 5 nitrogen and oxygen atoms in total. The Kier molecular flexibility index (Phi) is 6.42. The van der Waals surface area contributed by atoms with Crippen LogP contribution in [0.4, 0.5) is 4.39 Å². The Labute approximate surface area is 158 Å². The van der Waals surface area contributed by atoms with Crippen molar-refractivity contribution >= 4 is 5.91 Å². The Morgan fingerprint density at radius 3 is 2.52 bits per heavy atom. The summed E-state index contributed by atoms with van der Waals surface area (Å²) in [5, 5.41) is 22.7. The minimum Gasteiger partial charge on any atom is -0.504 e. The number of aliphatic hydroxyl groups is 1. The van der Waals surface area contributed by atoms with Crippen LogP contribution in [0.3, 0.4) is 0 Å². The molecular formula is C21H25FN2O3. The fraction of sp³-hybridized carbons (Fsp3) is 0.381. The number of amides is 1. The Hall–Kier alpha value is -2.44. The van der Waals surface area contributed by atoms with E-state index in [0.717, 1.165) is 25.9 Å². The van der Waals surface area contributed by atoms with Gasteiger partial charge < -0.3 is 20.4 Å². The Morgan fingerprint density at radius 1 is 1.11 bits per heavy atom. The molecule has 0 unspecified atom stereocenters. The van der Waals surface area contributed by atoms with Crippen LogP contribution in [0.5, 0.6) is 5.75 Å². The molecule has 1 atom stereocenters. The van der Waals surface area contributed by atoms with Gasteiger partial charge in [-0.05, 0) is 49.7 Å². The predicted molar refractivity (Wildman–Crippen MR) is 102 cm³/mol. The van der Waals surface area contributed by atoms with Gasteiger partial charge in [0.1, 0.15) is 0 Å². The van der Waals surface area contributed by atoms with Gasteiger partial charge in [0.15, 0.2) is 11.6 Å². The number of carbonyl (C=O) groups is 1. The molecule has 2 aromatic rings. The highest BCUT2D eigenvalue weighted by atomic mass is 19.1. The topological polar surface area (TPSA) is 72.8 Å². The van der Waals surface area contributed by atoms with Gasteiger partial charge in [0.05, 0.1) is 6.10 Å². The molecule has 3 rings (SSSR count). The number of hydrogen-bond donors (Lipinski definition) is 3. The lowest BCUT2D eigenvalue weighted by Crippen LogP contribution is -2.42. The number of hydrogen-bond acceptors (Lipinski definition) is 4. The van der Waals surface area contributed by atoms with Crippen LogP contribution in [-0.4, -0.2) is 53.3 Å². The van der Waals surface area contributed by atoms with Crippen LogP contribution in [0.15, 0.2) is 42.5 Å². The molecule has 1 heterocycles. The third-order valence-corrected chi connectivity index (χ3v) is 4.86. The highest BCUT2D eigenvalue weighted by Crippen LogP contribution is 2.31. The second-order valence-electron chi connectivity index (χ2n) is 6.94. The third-order valence-electron chi connectivity index (χ3n) is 4.86. The first kappa shape index (κ1) is 19.3. The van der Waals surface area contributed by atoms with E-state index in [2.05, 4.69) is 10.2 Å². The maximum absolute atomic E-state index is 13.5. The summed E-state index contributed by atoms with van der Waals surface area (Å²) in [6.07, 6.45) is 2.96. The van der Waals surface area contributed by atoms with Crippen molar-refractivity contribution in [1.29, 1.82) is 0 Å². The van der Waals surface area contributed by atoms with E-state index >= 15 is 0 Å². The normalized spacial score (nSPS) is 16.1. The molecule has 3 N–H and O–H groups in total. The van der Waals surface area contributed by atoms with Gasteiger partial charge in [-0.15, -0.1) is 0 Å². The minimum atomic E-state index is -0.683. The molecule has 1 fully saturated rings. The van der Waals surface area contributed by atoms with E-state index in [4.69, 9.17) is 0 Å². The Balaban J connectivity index is 1.55. The molecule has 27 heavy (non-hydrogen) atoms. The van der Waals surface area contributed by atoms with Crippen molar-refractivity contribution in [3.8, 4) is 16.9 Å². The first-order valence-electron chi connectivity index (χ1n) is 9.31. The monoisotopic (exact) mass is 372 g/mol. The summed E-state index contributed by atoms with van der Waals surface area (Å²) >= 11 is 0. The summed E-state index contributed by atoms with van der Waals surface area (Å²) in [6, 6.07) is 10.9. The molecule has 1 aliphatic heterocycles. The van der Waals surface area contributed by atoms with Crippen molar-refractivity contribution in [2.75, 3.05) is 26.2 Å². The smallest absolute Gasteiger partial charge is 0.251 e. The maximum Gasteiger partial charge on any atom is 0.251 e. The molecule has 0 aromatic heterocycles. The van der Waals surface area contributed by atoms with Gasteiger partial charge in [0.2, 0.25) is 0 Å². The molecule has 0 bridgehead atoms. The number of phenolic OH excluding ortho intramolecular Hbond substituents is 1. The molecule has 2 aromatic carbocycles. The number of nitrogens with zero attached hydrogens (tertiary/aromatic N) is 1. The summed E-state index contributed by atoms with van der Waals surface area (Å²) < 4.78 is 13.5. The molecule has 0 aliphatic carbocycles. The summed E-state index contributed by atoms with van der Waals surface area (Å²) in [4.78, 5) is 14.5. The number of rotatable bonds is 6. The predicted octanol–water partition coefficient (Wildman–Crippen LogP) is 2.77. The summed E-state index contributed by atoms with van der Waals surface area (Å²) in [7, 11) is 0. The average molecular weight is 372 g/mol. The summed E-state index contributed by atoms with van der Waals surface area (Å²) in [5.41, 5.74) is 1.44. The molecule has 0 saturated carbocycles. The van der Waals surface area contributed by atoms with E-state index < -0.39 is 17.7 Å². The number of aromatic hydroxyl groups is 1. The van der Waals surface area contributed by atoms with E-state index in [-0.39, 0.29) is 12.5 Å². The number of nitrogens with one attached hydrogen (secondary N) is 1. The number of aliphatic hydroxyl groups excluding tert-OH is 1. The molecule has 1 amide bonds. The molecule has 0 radical (unpaired) electrons. The fourth-order valence-electron chi connectivity index (χ4n) is 3.37. The Morgan fingerprint density at radius 2 is 1.81 bits per heavy atom. The number of para-hydroxylation sites is 1. The molecule has 6 heteroatoms. The van der Waals surface area contributed by atoms with Gasteiger partial charge in [-0.3, -0.25) is 4.79 Å². The molecule has 1 saturated heterocycles. The number of likely N-dealkylation sites (tertiary alicyclic amines) is 1. The van der Waals surface area contributed by atoms with Crippen LogP contribution in [0.1, 0.15) is 29.6 Å². The van der Waals surface area contributed by atoms with Crippen LogP contribution >= 0.6 is 0 Å². The highest BCUT2D eigenvalue weighted by Gasteiger charge is 2.16. The lowest BCUT2D eigenvalue weighted by molar-refractivity contribution is 0.0831. The number of β-amino-alcohol motifs (C(OH)–C–C–N with tert-alkyl or cyclic N) is 1. The maximum atomic E-state index is 13.5. The van der Waals surface area contributed by atoms with Gasteiger partial charge >= 0.3 is 0 Å². The third kappa shape index (κ3) is 5.05. The van der Waals surface area contributed by atoms with Crippen LogP contribution < -0.4 is 5.32 Å². The van der Waals surface area contributed by atoms with Crippen molar-refractivity contribution in [3.63, 3.8) is 0 Å². The number of phenols is 1. The molecule has 0 spiro atoms. The van der Waals surface area contributed by atoms with Crippen molar-refractivity contribution in [2.45, 2.75) is 25.4 Å².